The first-order valence-corrected chi connectivity index (χ1v) is 9.71. The fourth-order valence-corrected chi connectivity index (χ4v) is 4.11. The summed E-state index contributed by atoms with van der Waals surface area (Å²) in [6.07, 6.45) is -0.976. The molecule has 0 bridgehead atoms. The maximum absolute atomic E-state index is 13.8. The zero-order valence-corrected chi connectivity index (χ0v) is 16.1. The predicted molar refractivity (Wildman–Crippen MR) is 105 cm³/mol. The predicted octanol–water partition coefficient (Wildman–Crippen LogP) is 4.29. The van der Waals surface area contributed by atoms with Crippen molar-refractivity contribution in [3.05, 3.63) is 63.5 Å². The highest BCUT2D eigenvalue weighted by molar-refractivity contribution is 5.81. The minimum absolute atomic E-state index is 0.0103. The summed E-state index contributed by atoms with van der Waals surface area (Å²) in [5, 5.41) is 3.68. The van der Waals surface area contributed by atoms with Gasteiger partial charge in [0.2, 0.25) is 0 Å². The van der Waals surface area contributed by atoms with Crippen molar-refractivity contribution in [1.82, 2.24) is 24.6 Å². The molecule has 1 aliphatic carbocycles. The average Bonchev–Trinajstić information content (AvgIpc) is 3.30. The molecule has 0 unspecified atom stereocenters. The molecule has 0 atom stereocenters. The van der Waals surface area contributed by atoms with Crippen LogP contribution in [0.5, 0.6) is 0 Å². The van der Waals surface area contributed by atoms with E-state index in [1.54, 1.807) is 37.3 Å². The number of hydrogen-bond donors (Lipinski definition) is 2. The lowest BCUT2D eigenvalue weighted by atomic mass is 10.0. The Hall–Kier alpha value is -3.36. The van der Waals surface area contributed by atoms with E-state index in [1.807, 2.05) is 0 Å². The molecule has 4 aromatic rings. The Morgan fingerprint density at radius 1 is 1.03 bits per heavy atom. The summed E-state index contributed by atoms with van der Waals surface area (Å²) in [4.78, 5) is 23.9. The largest absolute Gasteiger partial charge is 0.435 e. The SMILES string of the molecule is Cc1[nH]c2c(-c3ccccc3)c(C(F)(F)F)nn2c(=O)c1-c1nc2c([nH]1)CCCC2. The number of benzene rings is 1. The van der Waals surface area contributed by atoms with E-state index in [0.717, 1.165) is 41.6 Å². The van der Waals surface area contributed by atoms with Gasteiger partial charge >= 0.3 is 6.18 Å². The molecule has 3 aromatic heterocycles. The number of halogens is 3. The first kappa shape index (κ1) is 18.7. The number of rotatable bonds is 2. The molecule has 0 amide bonds. The number of nitrogens with one attached hydrogen (secondary N) is 2. The summed E-state index contributed by atoms with van der Waals surface area (Å²) < 4.78 is 42.1. The van der Waals surface area contributed by atoms with Crippen molar-refractivity contribution in [2.75, 3.05) is 0 Å². The van der Waals surface area contributed by atoms with Crippen molar-refractivity contribution in [2.45, 2.75) is 38.8 Å². The Kier molecular flexibility index (Phi) is 4.09. The lowest BCUT2D eigenvalue weighted by molar-refractivity contribution is -0.140. The molecule has 3 heterocycles. The first-order chi connectivity index (χ1) is 14.3. The molecule has 30 heavy (non-hydrogen) atoms. The highest BCUT2D eigenvalue weighted by Crippen LogP contribution is 2.38. The Balaban J connectivity index is 1.80. The van der Waals surface area contributed by atoms with Gasteiger partial charge in [-0.25, -0.2) is 4.98 Å². The van der Waals surface area contributed by atoms with Crippen molar-refractivity contribution >= 4 is 5.65 Å². The summed E-state index contributed by atoms with van der Waals surface area (Å²) in [5.74, 6) is 0.368. The first-order valence-electron chi connectivity index (χ1n) is 9.71. The van der Waals surface area contributed by atoms with Crippen LogP contribution >= 0.6 is 0 Å². The lowest BCUT2D eigenvalue weighted by Gasteiger charge is -2.07. The number of imidazole rings is 1. The monoisotopic (exact) mass is 413 g/mol. The molecular formula is C21H18F3N5O. The maximum Gasteiger partial charge on any atom is 0.435 e. The van der Waals surface area contributed by atoms with E-state index >= 15 is 0 Å². The molecule has 5 rings (SSSR count). The molecule has 9 heteroatoms. The van der Waals surface area contributed by atoms with Crippen LogP contribution in [0.4, 0.5) is 13.2 Å². The van der Waals surface area contributed by atoms with E-state index in [4.69, 9.17) is 0 Å². The highest BCUT2D eigenvalue weighted by Gasteiger charge is 2.39. The number of aromatic nitrogens is 5. The van der Waals surface area contributed by atoms with Gasteiger partial charge in [0.05, 0.1) is 11.3 Å². The van der Waals surface area contributed by atoms with Crippen LogP contribution in [-0.2, 0) is 19.0 Å². The molecule has 0 fully saturated rings. The number of nitrogens with zero attached hydrogens (tertiary/aromatic N) is 3. The van der Waals surface area contributed by atoms with Gasteiger partial charge in [-0.05, 0) is 38.2 Å². The van der Waals surface area contributed by atoms with E-state index < -0.39 is 17.4 Å². The van der Waals surface area contributed by atoms with Crippen molar-refractivity contribution in [3.8, 4) is 22.5 Å². The molecule has 2 N–H and O–H groups in total. The highest BCUT2D eigenvalue weighted by atomic mass is 19.4. The van der Waals surface area contributed by atoms with Gasteiger partial charge in [0, 0.05) is 11.4 Å². The third-order valence-electron chi connectivity index (χ3n) is 5.50. The molecular weight excluding hydrogens is 395 g/mol. The maximum atomic E-state index is 13.8. The van der Waals surface area contributed by atoms with Crippen molar-refractivity contribution in [2.24, 2.45) is 0 Å². The van der Waals surface area contributed by atoms with E-state index in [2.05, 4.69) is 20.1 Å². The molecule has 0 radical (unpaired) electrons. The Morgan fingerprint density at radius 2 is 1.77 bits per heavy atom. The van der Waals surface area contributed by atoms with Crippen LogP contribution in [0.1, 0.15) is 35.6 Å². The second-order valence-corrected chi connectivity index (χ2v) is 7.50. The number of alkyl halides is 3. The van der Waals surface area contributed by atoms with Crippen molar-refractivity contribution in [3.63, 3.8) is 0 Å². The number of aromatic amines is 2. The minimum atomic E-state index is -4.71. The third kappa shape index (κ3) is 2.84. The summed E-state index contributed by atoms with van der Waals surface area (Å²) in [6, 6.07) is 8.13. The van der Waals surface area contributed by atoms with Gasteiger partial charge in [-0.1, -0.05) is 30.3 Å². The summed E-state index contributed by atoms with van der Waals surface area (Å²) in [5.41, 5.74) is 0.989. The lowest BCUT2D eigenvalue weighted by Crippen LogP contribution is -2.20. The standard InChI is InChI=1S/C21H18F3N5O/c1-11-15(18-26-13-9-5-6-10-14(13)27-18)20(30)29-19(25-11)16(12-7-3-2-4-8-12)17(28-29)21(22,23)24/h2-4,7-8,25H,5-6,9-10H2,1H3,(H,26,27). The molecule has 0 spiro atoms. The smallest absolute Gasteiger partial charge is 0.342 e. The number of hydrogen-bond acceptors (Lipinski definition) is 3. The van der Waals surface area contributed by atoms with Crippen LogP contribution in [-0.4, -0.2) is 24.6 Å². The topological polar surface area (TPSA) is 78.8 Å². The number of aryl methyl sites for hydroxylation is 3. The molecule has 0 aliphatic heterocycles. The fraction of sp³-hybridized carbons (Fsp3) is 0.286. The summed E-state index contributed by atoms with van der Waals surface area (Å²) in [6.45, 7) is 1.66. The van der Waals surface area contributed by atoms with Gasteiger partial charge in [0.25, 0.3) is 5.56 Å². The number of fused-ring (bicyclic) bond motifs is 2. The van der Waals surface area contributed by atoms with Crippen LogP contribution in [0.2, 0.25) is 0 Å². The minimum Gasteiger partial charge on any atom is -0.342 e. The van der Waals surface area contributed by atoms with Gasteiger partial charge in [0.15, 0.2) is 5.69 Å². The Morgan fingerprint density at radius 3 is 2.47 bits per heavy atom. The van der Waals surface area contributed by atoms with E-state index in [1.165, 1.54) is 0 Å². The molecule has 1 aromatic carbocycles. The molecule has 0 saturated heterocycles. The van der Waals surface area contributed by atoms with Gasteiger partial charge in [-0.15, -0.1) is 0 Å². The Labute approximate surface area is 168 Å². The molecule has 154 valence electrons. The van der Waals surface area contributed by atoms with Gasteiger partial charge in [0.1, 0.15) is 17.0 Å². The Bertz CT molecular complexity index is 1290. The summed E-state index contributed by atoms with van der Waals surface area (Å²) >= 11 is 0. The van der Waals surface area contributed by atoms with Gasteiger partial charge in [-0.2, -0.15) is 22.8 Å². The second-order valence-electron chi connectivity index (χ2n) is 7.50. The van der Waals surface area contributed by atoms with Crippen LogP contribution < -0.4 is 5.56 Å². The number of H-pyrrole nitrogens is 2. The second kappa shape index (κ2) is 6.58. The van der Waals surface area contributed by atoms with Crippen LogP contribution in [0, 0.1) is 6.92 Å². The molecule has 6 nitrogen and oxygen atoms in total. The third-order valence-corrected chi connectivity index (χ3v) is 5.50. The van der Waals surface area contributed by atoms with Crippen LogP contribution in [0.15, 0.2) is 35.1 Å². The quantitative estimate of drug-likeness (QED) is 0.515. The van der Waals surface area contributed by atoms with Gasteiger partial charge < -0.3 is 9.97 Å². The van der Waals surface area contributed by atoms with Gasteiger partial charge in [-0.3, -0.25) is 4.79 Å². The van der Waals surface area contributed by atoms with E-state index in [-0.39, 0.29) is 16.8 Å². The van der Waals surface area contributed by atoms with Crippen molar-refractivity contribution in [1.29, 1.82) is 0 Å². The molecule has 0 saturated carbocycles. The van der Waals surface area contributed by atoms with E-state index in [0.29, 0.717) is 17.1 Å². The van der Waals surface area contributed by atoms with Crippen LogP contribution in [0.25, 0.3) is 28.2 Å². The fourth-order valence-electron chi connectivity index (χ4n) is 4.11. The zero-order chi connectivity index (χ0) is 21.0. The average molecular weight is 413 g/mol. The zero-order valence-electron chi connectivity index (χ0n) is 16.1. The summed E-state index contributed by atoms with van der Waals surface area (Å²) in [7, 11) is 0. The van der Waals surface area contributed by atoms with E-state index in [9.17, 15) is 18.0 Å². The molecule has 1 aliphatic rings. The normalized spacial score (nSPS) is 14.3. The van der Waals surface area contributed by atoms with Crippen molar-refractivity contribution < 1.29 is 13.2 Å². The van der Waals surface area contributed by atoms with Crippen LogP contribution in [0.3, 0.4) is 0 Å².